The molecule has 0 bridgehead atoms. The molecule has 0 spiro atoms. The number of hydrogen-bond acceptors (Lipinski definition) is 5. The topological polar surface area (TPSA) is 43.9 Å². The van der Waals surface area contributed by atoms with Crippen molar-refractivity contribution in [2.45, 2.75) is 0 Å². The molecule has 0 saturated carbocycles. The van der Waals surface area contributed by atoms with Crippen LogP contribution in [-0.2, 0) is 0 Å². The molecule has 6 heteroatoms. The molecule has 14 rings (SSSR count). The van der Waals surface area contributed by atoms with Crippen molar-refractivity contribution in [2.24, 2.45) is 0 Å². The van der Waals surface area contributed by atoms with Crippen LogP contribution in [0.25, 0.3) is 134 Å². The minimum atomic E-state index is 0.566. The highest BCUT2D eigenvalue weighted by molar-refractivity contribution is 7.27. The third-order valence-electron chi connectivity index (χ3n) is 12.4. The monoisotopic (exact) mass is 799 g/mol. The summed E-state index contributed by atoms with van der Waals surface area (Å²) in [6, 6.07) is 63.5. The van der Waals surface area contributed by atoms with E-state index < -0.39 is 0 Å². The number of rotatable bonds is 3. The molecular formula is C54H29N3OS2. The summed E-state index contributed by atoms with van der Waals surface area (Å²) in [4.78, 5) is 10.9. The minimum Gasteiger partial charge on any atom is -0.437 e. The molecule has 0 aliphatic heterocycles. The van der Waals surface area contributed by atoms with Crippen molar-refractivity contribution in [1.29, 1.82) is 0 Å². The Labute approximate surface area is 349 Å². The van der Waals surface area contributed by atoms with Crippen LogP contribution in [0.1, 0.15) is 0 Å². The molecule has 5 heterocycles. The van der Waals surface area contributed by atoms with Crippen molar-refractivity contribution in [2.75, 3.05) is 0 Å². The maximum atomic E-state index is 6.65. The van der Waals surface area contributed by atoms with Gasteiger partial charge in [-0.25, -0.2) is 4.98 Å². The molecule has 0 atom stereocenters. The number of aromatic nitrogens is 3. The summed E-state index contributed by atoms with van der Waals surface area (Å²) >= 11 is 3.73. The first kappa shape index (κ1) is 32.6. The first-order valence-corrected chi connectivity index (χ1v) is 21.8. The van der Waals surface area contributed by atoms with E-state index in [0.717, 1.165) is 55.0 Å². The molecule has 60 heavy (non-hydrogen) atoms. The number of para-hydroxylation sites is 2. The van der Waals surface area contributed by atoms with Gasteiger partial charge in [0.15, 0.2) is 0 Å². The van der Waals surface area contributed by atoms with Gasteiger partial charge in [0.1, 0.15) is 5.58 Å². The molecule has 0 aliphatic rings. The normalized spacial score (nSPS) is 12.3. The summed E-state index contributed by atoms with van der Waals surface area (Å²) in [7, 11) is 0. The van der Waals surface area contributed by atoms with Gasteiger partial charge >= 0.3 is 0 Å². The van der Waals surface area contributed by atoms with E-state index in [-0.39, 0.29) is 0 Å². The molecular weight excluding hydrogens is 771 g/mol. The van der Waals surface area contributed by atoms with Gasteiger partial charge in [-0.05, 0) is 64.4 Å². The van der Waals surface area contributed by atoms with Crippen molar-refractivity contribution in [3.05, 3.63) is 176 Å². The van der Waals surface area contributed by atoms with Gasteiger partial charge in [-0.3, -0.25) is 4.57 Å². The Morgan fingerprint density at radius 1 is 0.400 bits per heavy atom. The molecule has 4 nitrogen and oxygen atoms in total. The van der Waals surface area contributed by atoms with E-state index in [1.165, 1.54) is 67.5 Å². The zero-order chi connectivity index (χ0) is 39.1. The van der Waals surface area contributed by atoms with Gasteiger partial charge in [-0.15, -0.1) is 22.7 Å². The van der Waals surface area contributed by atoms with Crippen LogP contribution in [0.5, 0.6) is 0 Å². The van der Waals surface area contributed by atoms with Crippen LogP contribution in [0, 0.1) is 0 Å². The van der Waals surface area contributed by atoms with Gasteiger partial charge in [0.05, 0.1) is 22.1 Å². The average Bonchev–Trinajstić information content (AvgIpc) is 4.07. The third kappa shape index (κ3) is 4.44. The Hall–Kier alpha value is -7.38. The van der Waals surface area contributed by atoms with Crippen molar-refractivity contribution in [1.82, 2.24) is 14.5 Å². The summed E-state index contributed by atoms with van der Waals surface area (Å²) < 4.78 is 14.1. The smallest absolute Gasteiger partial charge is 0.238 e. The second-order valence-electron chi connectivity index (χ2n) is 15.6. The molecule has 5 aromatic heterocycles. The van der Waals surface area contributed by atoms with E-state index >= 15 is 0 Å². The summed E-state index contributed by atoms with van der Waals surface area (Å²) in [6.45, 7) is 0. The predicted octanol–water partition coefficient (Wildman–Crippen LogP) is 15.8. The Bertz CT molecular complexity index is 4150. The van der Waals surface area contributed by atoms with Gasteiger partial charge in [0.2, 0.25) is 11.7 Å². The van der Waals surface area contributed by atoms with Crippen molar-refractivity contribution in [3.8, 4) is 28.3 Å². The Morgan fingerprint density at radius 2 is 1.05 bits per heavy atom. The number of fused-ring (bicyclic) bond motifs is 18. The zero-order valence-electron chi connectivity index (χ0n) is 31.8. The zero-order valence-corrected chi connectivity index (χ0v) is 33.4. The van der Waals surface area contributed by atoms with E-state index in [9.17, 15) is 0 Å². The molecule has 14 aromatic rings. The lowest BCUT2D eigenvalue weighted by molar-refractivity contribution is 0.651. The lowest BCUT2D eigenvalue weighted by Crippen LogP contribution is -2.03. The van der Waals surface area contributed by atoms with Crippen LogP contribution >= 0.6 is 22.7 Å². The molecule has 0 radical (unpaired) electrons. The molecule has 0 aliphatic carbocycles. The number of thiophene rings is 2. The second kappa shape index (κ2) is 12.1. The van der Waals surface area contributed by atoms with Crippen LogP contribution in [0.4, 0.5) is 0 Å². The molecule has 278 valence electrons. The van der Waals surface area contributed by atoms with Gasteiger partial charge in [0.25, 0.3) is 0 Å². The maximum absolute atomic E-state index is 6.65. The Kier molecular flexibility index (Phi) is 6.56. The Morgan fingerprint density at radius 3 is 1.92 bits per heavy atom. The first-order valence-electron chi connectivity index (χ1n) is 20.1. The highest BCUT2D eigenvalue weighted by Crippen LogP contribution is 2.48. The fourth-order valence-corrected chi connectivity index (χ4v) is 12.2. The second-order valence-corrected chi connectivity index (χ2v) is 17.8. The highest BCUT2D eigenvalue weighted by atomic mass is 32.1. The Balaban J connectivity index is 1.07. The van der Waals surface area contributed by atoms with Gasteiger partial charge in [-0.1, -0.05) is 133 Å². The summed E-state index contributed by atoms with van der Waals surface area (Å²) in [5, 5.41) is 14.3. The van der Waals surface area contributed by atoms with E-state index in [4.69, 9.17) is 14.4 Å². The third-order valence-corrected chi connectivity index (χ3v) is 14.8. The van der Waals surface area contributed by atoms with Crippen LogP contribution < -0.4 is 0 Å². The molecule has 0 fully saturated rings. The van der Waals surface area contributed by atoms with Crippen molar-refractivity contribution >= 4 is 128 Å². The van der Waals surface area contributed by atoms with E-state index in [0.29, 0.717) is 11.7 Å². The molecule has 0 N–H and O–H groups in total. The van der Waals surface area contributed by atoms with Gasteiger partial charge in [0, 0.05) is 72.8 Å². The van der Waals surface area contributed by atoms with Crippen molar-refractivity contribution in [3.63, 3.8) is 0 Å². The maximum Gasteiger partial charge on any atom is 0.238 e. The van der Waals surface area contributed by atoms with Gasteiger partial charge < -0.3 is 4.42 Å². The number of benzene rings is 9. The number of furan rings is 1. The lowest BCUT2D eigenvalue weighted by atomic mass is 9.95. The lowest BCUT2D eigenvalue weighted by Gasteiger charge is -2.13. The van der Waals surface area contributed by atoms with Crippen LogP contribution in [0.15, 0.2) is 180 Å². The number of nitrogens with zero attached hydrogens (tertiary/aromatic N) is 3. The van der Waals surface area contributed by atoms with E-state index in [1.54, 1.807) is 0 Å². The van der Waals surface area contributed by atoms with E-state index in [1.807, 2.05) is 34.8 Å². The summed E-state index contributed by atoms with van der Waals surface area (Å²) in [6.07, 6.45) is 0. The molecule has 0 amide bonds. The van der Waals surface area contributed by atoms with Crippen molar-refractivity contribution < 1.29 is 4.42 Å². The van der Waals surface area contributed by atoms with Crippen LogP contribution in [0.3, 0.4) is 0 Å². The summed E-state index contributed by atoms with van der Waals surface area (Å²) in [5.74, 6) is 0.576. The highest BCUT2D eigenvalue weighted by Gasteiger charge is 2.25. The molecule has 0 unspecified atom stereocenters. The fourth-order valence-electron chi connectivity index (χ4n) is 9.82. The standard InChI is InChI=1S/C54H29N3OS2/c1-2-17-36-35(16-1)48-40(26-25-37-33-14-5-10-23-45(33)60-52(37)48)47-38-18-3-7-20-42(38)57(51(36)47)54-55-50(49-39-19-4-8-21-43(39)58-53(49)56-54)32-13-11-12-30(28-32)31-24-27-46-41(29-31)34-15-6-9-22-44(34)59-46/h1-29H. The predicted molar refractivity (Wildman–Crippen MR) is 255 cm³/mol. The fraction of sp³-hybridized carbons (Fsp3) is 0. The first-order chi connectivity index (χ1) is 29.7. The molecule has 9 aromatic carbocycles. The summed E-state index contributed by atoms with van der Waals surface area (Å²) in [5.41, 5.74) is 7.64. The average molecular weight is 800 g/mol. The quantitative estimate of drug-likeness (QED) is 0.167. The van der Waals surface area contributed by atoms with E-state index in [2.05, 4.69) is 168 Å². The largest absolute Gasteiger partial charge is 0.437 e. The minimum absolute atomic E-state index is 0.566. The van der Waals surface area contributed by atoms with Crippen LogP contribution in [0.2, 0.25) is 0 Å². The number of hydrogen-bond donors (Lipinski definition) is 0. The van der Waals surface area contributed by atoms with Gasteiger partial charge in [-0.2, -0.15) is 4.98 Å². The van der Waals surface area contributed by atoms with Crippen LogP contribution in [-0.4, -0.2) is 14.5 Å². The molecule has 0 saturated heterocycles. The SMILES string of the molecule is c1cc(-c2ccc3sc4ccccc4c3c2)cc(-c2nc(-n3c4ccccc4c4c5ccc6c7ccccc7sc6c5c5ccccc5c43)nc3oc4ccccc4c23)c1.